The summed E-state index contributed by atoms with van der Waals surface area (Å²) in [5, 5.41) is 14.1. The van der Waals surface area contributed by atoms with Crippen LogP contribution in [0.5, 0.6) is 0 Å². The van der Waals surface area contributed by atoms with Crippen molar-refractivity contribution in [2.24, 2.45) is 5.92 Å². The average Bonchev–Trinajstić information content (AvgIpc) is 3.03. The maximum Gasteiger partial charge on any atom is 0.0647 e. The molecule has 21 heavy (non-hydrogen) atoms. The van der Waals surface area contributed by atoms with Gasteiger partial charge in [-0.25, -0.2) is 4.68 Å². The zero-order valence-corrected chi connectivity index (χ0v) is 12.3. The number of para-hydroxylation sites is 1. The Morgan fingerprint density at radius 1 is 1.19 bits per heavy atom. The van der Waals surface area contributed by atoms with Crippen molar-refractivity contribution in [3.05, 3.63) is 53.9 Å². The highest BCUT2D eigenvalue weighted by molar-refractivity contribution is 5.52. The Morgan fingerprint density at radius 2 is 1.95 bits per heavy atom. The van der Waals surface area contributed by atoms with Crippen molar-refractivity contribution in [1.82, 2.24) is 9.78 Å². The number of hydrogen-bond donors (Lipinski definition) is 1. The van der Waals surface area contributed by atoms with Crippen LogP contribution < -0.4 is 0 Å². The minimum atomic E-state index is 0.154. The van der Waals surface area contributed by atoms with Gasteiger partial charge < -0.3 is 5.11 Å². The van der Waals surface area contributed by atoms with Gasteiger partial charge in [0.2, 0.25) is 0 Å². The van der Waals surface area contributed by atoms with Crippen molar-refractivity contribution in [3.8, 4) is 5.69 Å². The van der Waals surface area contributed by atoms with Gasteiger partial charge in [-0.3, -0.25) is 0 Å². The van der Waals surface area contributed by atoms with Crippen molar-refractivity contribution in [2.45, 2.75) is 32.1 Å². The summed E-state index contributed by atoms with van der Waals surface area (Å²) in [7, 11) is 0. The molecule has 0 bridgehead atoms. The molecular formula is C18H22N2O. The van der Waals surface area contributed by atoms with E-state index < -0.39 is 0 Å². The molecule has 1 aromatic carbocycles. The van der Waals surface area contributed by atoms with Crippen LogP contribution in [0.4, 0.5) is 0 Å². The van der Waals surface area contributed by atoms with Gasteiger partial charge in [0.05, 0.1) is 18.5 Å². The Balaban J connectivity index is 1.80. The van der Waals surface area contributed by atoms with Crippen molar-refractivity contribution in [2.75, 3.05) is 6.61 Å². The van der Waals surface area contributed by atoms with Gasteiger partial charge in [-0.15, -0.1) is 0 Å². The summed E-state index contributed by atoms with van der Waals surface area (Å²) in [5.41, 5.74) is 3.27. The van der Waals surface area contributed by atoms with Crippen LogP contribution in [0.25, 0.3) is 11.8 Å². The molecule has 0 aliphatic heterocycles. The molecule has 110 valence electrons. The molecule has 1 saturated carbocycles. The van der Waals surface area contributed by atoms with Crippen LogP contribution in [-0.4, -0.2) is 21.5 Å². The third-order valence-corrected chi connectivity index (χ3v) is 4.29. The molecule has 1 aromatic heterocycles. The number of hydrogen-bond acceptors (Lipinski definition) is 2. The van der Waals surface area contributed by atoms with E-state index >= 15 is 0 Å². The van der Waals surface area contributed by atoms with E-state index in [1.165, 1.54) is 32.1 Å². The number of rotatable bonds is 4. The van der Waals surface area contributed by atoms with Crippen molar-refractivity contribution in [1.29, 1.82) is 0 Å². The van der Waals surface area contributed by atoms with E-state index in [9.17, 15) is 5.11 Å². The molecule has 0 amide bonds. The van der Waals surface area contributed by atoms with E-state index in [0.29, 0.717) is 5.92 Å². The Morgan fingerprint density at radius 3 is 2.67 bits per heavy atom. The molecule has 0 radical (unpaired) electrons. The standard InChI is InChI=1S/C18H22N2O/c21-14-17(16-7-3-1-4-8-16)11-15-12-19-20(13-15)18-9-5-2-6-10-18/h2,5-6,9-13,16,21H,1,3-4,7-8,14H2/b17-11-. The SMILES string of the molecule is OC/C(=C/c1cnn(-c2ccccc2)c1)C1CCCCC1. The third-order valence-electron chi connectivity index (χ3n) is 4.29. The number of aromatic nitrogens is 2. The van der Waals surface area contributed by atoms with Crippen molar-refractivity contribution < 1.29 is 5.11 Å². The molecule has 0 unspecified atom stereocenters. The van der Waals surface area contributed by atoms with Crippen LogP contribution in [0.15, 0.2) is 48.3 Å². The van der Waals surface area contributed by atoms with Gasteiger partial charge in [0.25, 0.3) is 0 Å². The largest absolute Gasteiger partial charge is 0.392 e. The summed E-state index contributed by atoms with van der Waals surface area (Å²) >= 11 is 0. The van der Waals surface area contributed by atoms with Gasteiger partial charge in [0.15, 0.2) is 0 Å². The van der Waals surface area contributed by atoms with Gasteiger partial charge in [0.1, 0.15) is 0 Å². The van der Waals surface area contributed by atoms with Crippen LogP contribution in [0.1, 0.15) is 37.7 Å². The van der Waals surface area contributed by atoms with Crippen LogP contribution >= 0.6 is 0 Å². The zero-order chi connectivity index (χ0) is 14.5. The maximum absolute atomic E-state index is 9.67. The maximum atomic E-state index is 9.67. The normalized spacial score (nSPS) is 17.1. The Bertz CT molecular complexity index is 595. The average molecular weight is 282 g/mol. The summed E-state index contributed by atoms with van der Waals surface area (Å²) in [5.74, 6) is 0.545. The Hall–Kier alpha value is -1.87. The highest BCUT2D eigenvalue weighted by Crippen LogP contribution is 2.30. The molecule has 3 nitrogen and oxygen atoms in total. The lowest BCUT2D eigenvalue weighted by atomic mass is 9.83. The minimum Gasteiger partial charge on any atom is -0.392 e. The van der Waals surface area contributed by atoms with Gasteiger partial charge in [-0.1, -0.05) is 43.5 Å². The second kappa shape index (κ2) is 6.72. The monoisotopic (exact) mass is 282 g/mol. The molecule has 1 fully saturated rings. The summed E-state index contributed by atoms with van der Waals surface area (Å²) in [6, 6.07) is 10.1. The predicted molar refractivity (Wildman–Crippen MR) is 85.2 cm³/mol. The van der Waals surface area contributed by atoms with E-state index in [2.05, 4.69) is 11.2 Å². The van der Waals surface area contributed by atoms with Gasteiger partial charge in [0, 0.05) is 11.8 Å². The van der Waals surface area contributed by atoms with Crippen molar-refractivity contribution >= 4 is 6.08 Å². The lowest BCUT2D eigenvalue weighted by Gasteiger charge is -2.23. The molecule has 0 atom stereocenters. The van der Waals surface area contributed by atoms with Crippen LogP contribution in [-0.2, 0) is 0 Å². The minimum absolute atomic E-state index is 0.154. The first-order valence-electron chi connectivity index (χ1n) is 7.78. The van der Waals surface area contributed by atoms with Gasteiger partial charge >= 0.3 is 0 Å². The molecule has 1 N–H and O–H groups in total. The molecular weight excluding hydrogens is 260 g/mol. The lowest BCUT2D eigenvalue weighted by Crippen LogP contribution is -2.11. The Labute approximate surface area is 125 Å². The summed E-state index contributed by atoms with van der Waals surface area (Å²) in [4.78, 5) is 0. The van der Waals surface area contributed by atoms with E-state index in [-0.39, 0.29) is 6.61 Å². The number of aliphatic hydroxyl groups excluding tert-OH is 1. The molecule has 2 aromatic rings. The van der Waals surface area contributed by atoms with E-state index in [0.717, 1.165) is 16.8 Å². The fourth-order valence-corrected chi connectivity index (χ4v) is 3.11. The first-order valence-corrected chi connectivity index (χ1v) is 7.78. The van der Waals surface area contributed by atoms with Crippen LogP contribution in [0, 0.1) is 5.92 Å². The van der Waals surface area contributed by atoms with E-state index in [1.54, 1.807) is 0 Å². The number of benzene rings is 1. The highest BCUT2D eigenvalue weighted by atomic mass is 16.3. The number of nitrogens with zero attached hydrogens (tertiary/aromatic N) is 2. The van der Waals surface area contributed by atoms with Gasteiger partial charge in [-0.05, 0) is 36.5 Å². The molecule has 0 saturated heterocycles. The van der Waals surface area contributed by atoms with Gasteiger partial charge in [-0.2, -0.15) is 5.10 Å². The highest BCUT2D eigenvalue weighted by Gasteiger charge is 2.17. The first-order chi connectivity index (χ1) is 10.4. The lowest BCUT2D eigenvalue weighted by molar-refractivity contribution is 0.295. The summed E-state index contributed by atoms with van der Waals surface area (Å²) in [6.07, 6.45) is 12.3. The van der Waals surface area contributed by atoms with E-state index in [4.69, 9.17) is 0 Å². The van der Waals surface area contributed by atoms with Crippen LogP contribution in [0.2, 0.25) is 0 Å². The predicted octanol–water partition coefficient (Wildman–Crippen LogP) is 3.83. The zero-order valence-electron chi connectivity index (χ0n) is 12.3. The second-order valence-electron chi connectivity index (χ2n) is 5.77. The summed E-state index contributed by atoms with van der Waals surface area (Å²) in [6.45, 7) is 0.154. The number of aliphatic hydroxyl groups is 1. The fraction of sp³-hybridized carbons (Fsp3) is 0.389. The fourth-order valence-electron chi connectivity index (χ4n) is 3.11. The summed E-state index contributed by atoms with van der Waals surface area (Å²) < 4.78 is 1.88. The van der Waals surface area contributed by atoms with E-state index in [1.807, 2.05) is 47.4 Å². The quantitative estimate of drug-likeness (QED) is 0.925. The second-order valence-corrected chi connectivity index (χ2v) is 5.77. The third kappa shape index (κ3) is 3.42. The smallest absolute Gasteiger partial charge is 0.0647 e. The molecule has 3 rings (SSSR count). The molecule has 0 spiro atoms. The van der Waals surface area contributed by atoms with Crippen LogP contribution in [0.3, 0.4) is 0 Å². The molecule has 1 aliphatic rings. The molecule has 3 heteroatoms. The Kier molecular flexibility index (Phi) is 4.51. The first kappa shape index (κ1) is 14.1. The van der Waals surface area contributed by atoms with Crippen molar-refractivity contribution in [3.63, 3.8) is 0 Å². The molecule has 1 aliphatic carbocycles. The molecule has 1 heterocycles. The topological polar surface area (TPSA) is 38.1 Å².